The van der Waals surface area contributed by atoms with Gasteiger partial charge in [0.2, 0.25) is 5.91 Å². The van der Waals surface area contributed by atoms with Crippen molar-refractivity contribution >= 4 is 5.91 Å². The van der Waals surface area contributed by atoms with Crippen LogP contribution in [0.5, 0.6) is 0 Å². The highest BCUT2D eigenvalue weighted by molar-refractivity contribution is 5.77. The highest BCUT2D eigenvalue weighted by atomic mass is 16.5. The molecule has 0 saturated heterocycles. The number of hydrogen-bond donors (Lipinski definition) is 2. The second-order valence-corrected chi connectivity index (χ2v) is 2.83. The molecular formula is C8H19N3O3. The van der Waals surface area contributed by atoms with E-state index in [4.69, 9.17) is 15.3 Å². The molecule has 3 N–H and O–H groups in total. The molecule has 0 heterocycles. The van der Waals surface area contributed by atoms with E-state index in [2.05, 4.69) is 5.43 Å². The molecule has 0 fully saturated rings. The molecule has 0 spiro atoms. The molecule has 0 bridgehead atoms. The van der Waals surface area contributed by atoms with Gasteiger partial charge in [0.15, 0.2) is 0 Å². The number of ether oxygens (including phenoxy) is 2. The molecule has 6 heteroatoms. The molecule has 0 radical (unpaired) electrons. The Morgan fingerprint density at radius 1 is 1.29 bits per heavy atom. The summed E-state index contributed by atoms with van der Waals surface area (Å²) in [6, 6.07) is 0. The van der Waals surface area contributed by atoms with Gasteiger partial charge in [-0.1, -0.05) is 0 Å². The van der Waals surface area contributed by atoms with Crippen molar-refractivity contribution in [1.82, 2.24) is 10.3 Å². The van der Waals surface area contributed by atoms with Gasteiger partial charge in [0.1, 0.15) is 0 Å². The molecule has 0 aromatic heterocycles. The van der Waals surface area contributed by atoms with E-state index in [0.717, 1.165) is 0 Å². The Bertz CT molecular complexity index is 147. The zero-order valence-electron chi connectivity index (χ0n) is 8.78. The first-order valence-electron chi connectivity index (χ1n) is 4.44. The Morgan fingerprint density at radius 3 is 2.14 bits per heavy atom. The minimum atomic E-state index is -0.211. The molecular weight excluding hydrogens is 186 g/mol. The van der Waals surface area contributed by atoms with Crippen LogP contribution in [0.2, 0.25) is 0 Å². The van der Waals surface area contributed by atoms with Crippen LogP contribution in [-0.4, -0.2) is 57.9 Å². The average molecular weight is 205 g/mol. The minimum Gasteiger partial charge on any atom is -0.383 e. The van der Waals surface area contributed by atoms with Gasteiger partial charge in [-0.15, -0.1) is 0 Å². The van der Waals surface area contributed by atoms with Crippen LogP contribution in [0.3, 0.4) is 0 Å². The van der Waals surface area contributed by atoms with Crippen molar-refractivity contribution in [2.24, 2.45) is 5.84 Å². The van der Waals surface area contributed by atoms with E-state index in [1.807, 2.05) is 4.90 Å². The molecule has 0 aliphatic carbocycles. The molecule has 0 rings (SSSR count). The quantitative estimate of drug-likeness (QED) is 0.289. The Kier molecular flexibility index (Phi) is 8.45. The van der Waals surface area contributed by atoms with Crippen LogP contribution in [0.25, 0.3) is 0 Å². The van der Waals surface area contributed by atoms with Crippen molar-refractivity contribution in [2.45, 2.75) is 0 Å². The predicted molar refractivity (Wildman–Crippen MR) is 52.5 cm³/mol. The maximum atomic E-state index is 11.0. The fourth-order valence-electron chi connectivity index (χ4n) is 0.959. The summed E-state index contributed by atoms with van der Waals surface area (Å²) in [5.74, 6) is 4.78. The highest BCUT2D eigenvalue weighted by Crippen LogP contribution is 1.88. The zero-order valence-corrected chi connectivity index (χ0v) is 8.78. The lowest BCUT2D eigenvalue weighted by atomic mass is 10.4. The molecule has 84 valence electrons. The number of methoxy groups -OCH3 is 2. The standard InChI is InChI=1S/C8H19N3O3/c1-13-5-3-11(4-6-14-2)7-8(12)10-9/h3-7,9H2,1-2H3,(H,10,12). The lowest BCUT2D eigenvalue weighted by molar-refractivity contribution is -0.122. The predicted octanol–water partition coefficient (Wildman–Crippen LogP) is -1.43. The molecule has 0 aliphatic rings. The number of nitrogens with one attached hydrogen (secondary N) is 1. The Balaban J connectivity index is 3.77. The van der Waals surface area contributed by atoms with Gasteiger partial charge in [-0.3, -0.25) is 15.1 Å². The lowest BCUT2D eigenvalue weighted by Gasteiger charge is -2.20. The molecule has 6 nitrogen and oxygen atoms in total. The van der Waals surface area contributed by atoms with E-state index in [0.29, 0.717) is 26.3 Å². The number of amides is 1. The van der Waals surface area contributed by atoms with E-state index in [1.54, 1.807) is 14.2 Å². The van der Waals surface area contributed by atoms with Crippen LogP contribution in [0.4, 0.5) is 0 Å². The third kappa shape index (κ3) is 6.79. The maximum absolute atomic E-state index is 11.0. The zero-order chi connectivity index (χ0) is 10.8. The summed E-state index contributed by atoms with van der Waals surface area (Å²) in [4.78, 5) is 12.9. The summed E-state index contributed by atoms with van der Waals surface area (Å²) in [6.45, 7) is 2.81. The molecule has 0 unspecified atom stereocenters. The monoisotopic (exact) mass is 205 g/mol. The van der Waals surface area contributed by atoms with Crippen molar-refractivity contribution in [3.05, 3.63) is 0 Å². The van der Waals surface area contributed by atoms with Gasteiger partial charge >= 0.3 is 0 Å². The van der Waals surface area contributed by atoms with E-state index in [-0.39, 0.29) is 12.5 Å². The number of hydrogen-bond acceptors (Lipinski definition) is 5. The van der Waals surface area contributed by atoms with Gasteiger partial charge in [-0.25, -0.2) is 5.84 Å². The van der Waals surface area contributed by atoms with Gasteiger partial charge in [0.05, 0.1) is 19.8 Å². The van der Waals surface area contributed by atoms with Crippen LogP contribution in [0, 0.1) is 0 Å². The second kappa shape index (κ2) is 8.89. The van der Waals surface area contributed by atoms with Crippen LogP contribution < -0.4 is 11.3 Å². The van der Waals surface area contributed by atoms with E-state index < -0.39 is 0 Å². The van der Waals surface area contributed by atoms with E-state index in [9.17, 15) is 4.79 Å². The summed E-state index contributed by atoms with van der Waals surface area (Å²) in [7, 11) is 3.25. The molecule has 0 aliphatic heterocycles. The minimum absolute atomic E-state index is 0.211. The van der Waals surface area contributed by atoms with Crippen molar-refractivity contribution in [1.29, 1.82) is 0 Å². The van der Waals surface area contributed by atoms with Gasteiger partial charge in [0, 0.05) is 27.3 Å². The van der Waals surface area contributed by atoms with E-state index in [1.165, 1.54) is 0 Å². The fourth-order valence-corrected chi connectivity index (χ4v) is 0.959. The van der Waals surface area contributed by atoms with Gasteiger partial charge in [-0.05, 0) is 0 Å². The van der Waals surface area contributed by atoms with Crippen molar-refractivity contribution in [3.63, 3.8) is 0 Å². The Labute approximate surface area is 84.3 Å². The van der Waals surface area contributed by atoms with Crippen molar-refractivity contribution in [3.8, 4) is 0 Å². The largest absolute Gasteiger partial charge is 0.383 e. The molecule has 1 amide bonds. The molecule has 0 aromatic rings. The number of hydrazine groups is 1. The molecule has 0 atom stereocenters. The van der Waals surface area contributed by atoms with Crippen LogP contribution in [0.1, 0.15) is 0 Å². The number of carbonyl (C=O) groups is 1. The number of carbonyl (C=O) groups excluding carboxylic acids is 1. The first kappa shape index (κ1) is 13.3. The maximum Gasteiger partial charge on any atom is 0.248 e. The lowest BCUT2D eigenvalue weighted by Crippen LogP contribution is -2.42. The topological polar surface area (TPSA) is 76.8 Å². The number of nitrogens with two attached hydrogens (primary N) is 1. The van der Waals surface area contributed by atoms with Gasteiger partial charge < -0.3 is 9.47 Å². The third-order valence-corrected chi connectivity index (χ3v) is 1.75. The fraction of sp³-hybridized carbons (Fsp3) is 0.875. The normalized spacial score (nSPS) is 10.6. The van der Waals surface area contributed by atoms with E-state index >= 15 is 0 Å². The van der Waals surface area contributed by atoms with Gasteiger partial charge in [-0.2, -0.15) is 0 Å². The summed E-state index contributed by atoms with van der Waals surface area (Å²) < 4.78 is 9.84. The van der Waals surface area contributed by atoms with Gasteiger partial charge in [0.25, 0.3) is 0 Å². The summed E-state index contributed by atoms with van der Waals surface area (Å²) >= 11 is 0. The van der Waals surface area contributed by atoms with Crippen LogP contribution in [-0.2, 0) is 14.3 Å². The molecule has 0 saturated carbocycles. The summed E-state index contributed by atoms with van der Waals surface area (Å²) in [5, 5.41) is 0. The smallest absolute Gasteiger partial charge is 0.248 e. The first-order chi connectivity index (χ1) is 6.74. The van der Waals surface area contributed by atoms with Crippen molar-refractivity contribution < 1.29 is 14.3 Å². The molecule has 14 heavy (non-hydrogen) atoms. The Hall–Kier alpha value is -0.690. The second-order valence-electron chi connectivity index (χ2n) is 2.83. The summed E-state index contributed by atoms with van der Waals surface area (Å²) in [6.07, 6.45) is 0. The van der Waals surface area contributed by atoms with Crippen LogP contribution >= 0.6 is 0 Å². The first-order valence-corrected chi connectivity index (χ1v) is 4.44. The SMILES string of the molecule is COCCN(CCOC)CC(=O)NN. The Morgan fingerprint density at radius 2 is 1.79 bits per heavy atom. The third-order valence-electron chi connectivity index (χ3n) is 1.75. The highest BCUT2D eigenvalue weighted by Gasteiger charge is 2.08. The summed E-state index contributed by atoms with van der Waals surface area (Å²) in [5.41, 5.74) is 2.09. The number of nitrogens with zero attached hydrogens (tertiary/aromatic N) is 1. The van der Waals surface area contributed by atoms with Crippen molar-refractivity contribution in [2.75, 3.05) is 47.1 Å². The van der Waals surface area contributed by atoms with Crippen LogP contribution in [0.15, 0.2) is 0 Å². The molecule has 0 aromatic carbocycles. The number of rotatable bonds is 8. The average Bonchev–Trinajstić information content (AvgIpc) is 2.21.